The summed E-state index contributed by atoms with van der Waals surface area (Å²) in [4.78, 5) is 8.04. The third-order valence-corrected chi connectivity index (χ3v) is 3.84. The SMILES string of the molecule is S=c1nc(-c2ccccc2)[nH]c2c1CCCCC2. The Morgan fingerprint density at radius 1 is 1.00 bits per heavy atom. The second-order valence-corrected chi connectivity index (χ2v) is 5.16. The van der Waals surface area contributed by atoms with E-state index in [-0.39, 0.29) is 0 Å². The van der Waals surface area contributed by atoms with Gasteiger partial charge in [0.2, 0.25) is 0 Å². The summed E-state index contributed by atoms with van der Waals surface area (Å²) in [6, 6.07) is 10.2. The Kier molecular flexibility index (Phi) is 3.24. The predicted octanol–water partition coefficient (Wildman–Crippen LogP) is 4.08. The molecule has 0 fully saturated rings. The minimum atomic E-state index is 0.782. The average Bonchev–Trinajstić information content (AvgIpc) is 2.65. The fourth-order valence-corrected chi connectivity index (χ4v) is 2.85. The zero-order chi connectivity index (χ0) is 12.4. The topological polar surface area (TPSA) is 28.7 Å². The molecule has 0 unspecified atom stereocenters. The molecule has 92 valence electrons. The van der Waals surface area contributed by atoms with E-state index in [2.05, 4.69) is 22.1 Å². The molecular weight excluding hydrogens is 240 g/mol. The van der Waals surface area contributed by atoms with E-state index in [0.717, 1.165) is 28.9 Å². The van der Waals surface area contributed by atoms with Gasteiger partial charge in [-0.15, -0.1) is 0 Å². The Morgan fingerprint density at radius 3 is 2.61 bits per heavy atom. The third kappa shape index (κ3) is 2.23. The number of hydrogen-bond donors (Lipinski definition) is 1. The molecule has 0 amide bonds. The molecule has 18 heavy (non-hydrogen) atoms. The number of H-pyrrole nitrogens is 1. The van der Waals surface area contributed by atoms with Crippen molar-refractivity contribution >= 4 is 12.2 Å². The van der Waals surface area contributed by atoms with Crippen molar-refractivity contribution in [2.24, 2.45) is 0 Å². The first-order valence-corrected chi connectivity index (χ1v) is 6.93. The number of aryl methyl sites for hydroxylation is 1. The van der Waals surface area contributed by atoms with Gasteiger partial charge >= 0.3 is 0 Å². The first-order chi connectivity index (χ1) is 8.84. The van der Waals surface area contributed by atoms with Crippen LogP contribution in [-0.4, -0.2) is 9.97 Å². The normalized spacial score (nSPS) is 14.9. The Labute approximate surface area is 112 Å². The molecule has 0 aliphatic heterocycles. The highest BCUT2D eigenvalue weighted by Gasteiger charge is 2.12. The Morgan fingerprint density at radius 2 is 1.78 bits per heavy atom. The van der Waals surface area contributed by atoms with E-state index in [1.807, 2.05) is 18.2 Å². The van der Waals surface area contributed by atoms with Crippen LogP contribution in [0.5, 0.6) is 0 Å². The van der Waals surface area contributed by atoms with Gasteiger partial charge in [-0.3, -0.25) is 0 Å². The molecule has 0 atom stereocenters. The molecule has 0 spiro atoms. The van der Waals surface area contributed by atoms with Gasteiger partial charge in [-0.05, 0) is 25.7 Å². The summed E-state index contributed by atoms with van der Waals surface area (Å²) < 4.78 is 0.782. The van der Waals surface area contributed by atoms with Crippen LogP contribution >= 0.6 is 12.2 Å². The first-order valence-electron chi connectivity index (χ1n) is 6.52. The van der Waals surface area contributed by atoms with Crippen LogP contribution in [0.25, 0.3) is 11.4 Å². The lowest BCUT2D eigenvalue weighted by Crippen LogP contribution is -2.01. The predicted molar refractivity (Wildman–Crippen MR) is 76.1 cm³/mol. The highest BCUT2D eigenvalue weighted by atomic mass is 32.1. The maximum atomic E-state index is 5.46. The molecule has 0 radical (unpaired) electrons. The largest absolute Gasteiger partial charge is 0.343 e. The third-order valence-electron chi connectivity index (χ3n) is 3.51. The molecule has 2 aromatic rings. The Bertz CT molecular complexity index is 602. The Hall–Kier alpha value is -1.48. The van der Waals surface area contributed by atoms with Crippen molar-refractivity contribution in [3.05, 3.63) is 46.2 Å². The highest BCUT2D eigenvalue weighted by molar-refractivity contribution is 7.71. The fourth-order valence-electron chi connectivity index (χ4n) is 2.53. The van der Waals surface area contributed by atoms with E-state index in [1.54, 1.807) is 0 Å². The van der Waals surface area contributed by atoms with Gasteiger partial charge in [-0.1, -0.05) is 49.0 Å². The van der Waals surface area contributed by atoms with Crippen molar-refractivity contribution in [1.29, 1.82) is 0 Å². The van der Waals surface area contributed by atoms with Crippen molar-refractivity contribution in [2.45, 2.75) is 32.1 Å². The second kappa shape index (κ2) is 5.02. The smallest absolute Gasteiger partial charge is 0.139 e. The maximum Gasteiger partial charge on any atom is 0.139 e. The summed E-state index contributed by atoms with van der Waals surface area (Å²) in [6.45, 7) is 0. The van der Waals surface area contributed by atoms with Crippen LogP contribution in [-0.2, 0) is 12.8 Å². The van der Waals surface area contributed by atoms with Crippen molar-refractivity contribution < 1.29 is 0 Å². The molecule has 3 rings (SSSR count). The van der Waals surface area contributed by atoms with Crippen LogP contribution in [0.2, 0.25) is 0 Å². The summed E-state index contributed by atoms with van der Waals surface area (Å²) in [7, 11) is 0. The second-order valence-electron chi connectivity index (χ2n) is 4.77. The zero-order valence-corrected chi connectivity index (χ0v) is 11.1. The van der Waals surface area contributed by atoms with Crippen molar-refractivity contribution in [2.75, 3.05) is 0 Å². The van der Waals surface area contributed by atoms with Crippen molar-refractivity contribution in [3.63, 3.8) is 0 Å². The van der Waals surface area contributed by atoms with Gasteiger partial charge in [0, 0.05) is 16.8 Å². The molecule has 1 aromatic heterocycles. The molecular formula is C15H16N2S. The van der Waals surface area contributed by atoms with Gasteiger partial charge in [0.05, 0.1) is 0 Å². The molecule has 0 saturated carbocycles. The van der Waals surface area contributed by atoms with E-state index in [9.17, 15) is 0 Å². The van der Waals surface area contributed by atoms with E-state index in [4.69, 9.17) is 12.2 Å². The lowest BCUT2D eigenvalue weighted by atomic mass is 10.1. The lowest BCUT2D eigenvalue weighted by Gasteiger charge is -2.09. The van der Waals surface area contributed by atoms with E-state index in [1.165, 1.54) is 30.5 Å². The fraction of sp³-hybridized carbons (Fsp3) is 0.333. The van der Waals surface area contributed by atoms with E-state index < -0.39 is 0 Å². The van der Waals surface area contributed by atoms with Crippen molar-refractivity contribution in [1.82, 2.24) is 9.97 Å². The summed E-state index contributed by atoms with van der Waals surface area (Å²) in [6.07, 6.45) is 5.94. The van der Waals surface area contributed by atoms with Gasteiger partial charge in [0.15, 0.2) is 0 Å². The summed E-state index contributed by atoms with van der Waals surface area (Å²) in [5.74, 6) is 0.904. The minimum Gasteiger partial charge on any atom is -0.343 e. The summed E-state index contributed by atoms with van der Waals surface area (Å²) in [5.41, 5.74) is 3.67. The number of aromatic amines is 1. The lowest BCUT2D eigenvalue weighted by molar-refractivity contribution is 0.708. The Balaban J connectivity index is 2.11. The van der Waals surface area contributed by atoms with Gasteiger partial charge in [-0.2, -0.15) is 0 Å². The molecule has 0 saturated heterocycles. The average molecular weight is 256 g/mol. The highest BCUT2D eigenvalue weighted by Crippen LogP contribution is 2.22. The summed E-state index contributed by atoms with van der Waals surface area (Å²) >= 11 is 5.46. The zero-order valence-electron chi connectivity index (χ0n) is 10.3. The van der Waals surface area contributed by atoms with Gasteiger partial charge in [0.25, 0.3) is 0 Å². The molecule has 3 heteroatoms. The monoisotopic (exact) mass is 256 g/mol. The van der Waals surface area contributed by atoms with E-state index in [0.29, 0.717) is 0 Å². The molecule has 1 N–H and O–H groups in total. The van der Waals surface area contributed by atoms with Gasteiger partial charge < -0.3 is 4.98 Å². The van der Waals surface area contributed by atoms with Crippen LogP contribution in [0.4, 0.5) is 0 Å². The molecule has 0 bridgehead atoms. The minimum absolute atomic E-state index is 0.782. The van der Waals surface area contributed by atoms with Gasteiger partial charge in [0.1, 0.15) is 10.5 Å². The van der Waals surface area contributed by atoms with E-state index >= 15 is 0 Å². The number of nitrogens with one attached hydrogen (secondary N) is 1. The van der Waals surface area contributed by atoms with Crippen LogP contribution < -0.4 is 0 Å². The van der Waals surface area contributed by atoms with Crippen LogP contribution in [0.3, 0.4) is 0 Å². The molecule has 1 aliphatic rings. The number of aromatic nitrogens is 2. The number of nitrogens with zero attached hydrogens (tertiary/aromatic N) is 1. The molecule has 1 aromatic carbocycles. The van der Waals surface area contributed by atoms with Crippen LogP contribution in [0.15, 0.2) is 30.3 Å². The van der Waals surface area contributed by atoms with Crippen LogP contribution in [0, 0.1) is 4.64 Å². The number of hydrogen-bond acceptors (Lipinski definition) is 2. The number of fused-ring (bicyclic) bond motifs is 1. The summed E-state index contributed by atoms with van der Waals surface area (Å²) in [5, 5.41) is 0. The van der Waals surface area contributed by atoms with Gasteiger partial charge in [-0.25, -0.2) is 4.98 Å². The maximum absolute atomic E-state index is 5.46. The number of benzene rings is 1. The quantitative estimate of drug-likeness (QED) is 0.615. The first kappa shape index (κ1) is 11.6. The standard InChI is InChI=1S/C15H16N2S/c18-15-12-9-5-2-6-10-13(12)16-14(17-15)11-7-3-1-4-8-11/h1,3-4,7-8H,2,5-6,9-10H2,(H,16,17,18). The number of rotatable bonds is 1. The van der Waals surface area contributed by atoms with Crippen molar-refractivity contribution in [3.8, 4) is 11.4 Å². The van der Waals surface area contributed by atoms with Crippen LogP contribution in [0.1, 0.15) is 30.5 Å². The molecule has 1 aliphatic carbocycles. The molecule has 1 heterocycles. The molecule has 2 nitrogen and oxygen atoms in total.